The van der Waals surface area contributed by atoms with E-state index < -0.39 is 5.97 Å². The number of carbonyl (C=O) groups excluding carboxylic acids is 1. The largest absolute Gasteiger partial charge is 0.459 e. The number of anilines is 1. The summed E-state index contributed by atoms with van der Waals surface area (Å²) in [5.41, 5.74) is 5.04. The average molecular weight is 546 g/mol. The summed E-state index contributed by atoms with van der Waals surface area (Å²) < 4.78 is 25.1. The van der Waals surface area contributed by atoms with E-state index in [0.29, 0.717) is 12.2 Å². The minimum absolute atomic E-state index is 0.101. The molecule has 4 rings (SSSR count). The van der Waals surface area contributed by atoms with Gasteiger partial charge in [-0.3, -0.25) is 0 Å². The van der Waals surface area contributed by atoms with Crippen molar-refractivity contribution in [3.63, 3.8) is 0 Å². The molecule has 212 valence electrons. The summed E-state index contributed by atoms with van der Waals surface area (Å²) in [7, 11) is 3.17. The normalized spacial score (nSPS) is 12.1. The second kappa shape index (κ2) is 13.6. The lowest BCUT2D eigenvalue weighted by atomic mass is 9.90. The van der Waals surface area contributed by atoms with E-state index in [1.54, 1.807) is 14.2 Å². The van der Waals surface area contributed by atoms with Gasteiger partial charge in [0.15, 0.2) is 0 Å². The first-order valence-electron chi connectivity index (χ1n) is 14.1. The van der Waals surface area contributed by atoms with Crippen LogP contribution in [-0.2, 0) is 14.2 Å². The number of fused-ring (bicyclic) bond motifs is 2. The van der Waals surface area contributed by atoms with Gasteiger partial charge in [-0.25, -0.2) is 9.37 Å². The minimum Gasteiger partial charge on any atom is -0.459 e. The van der Waals surface area contributed by atoms with Gasteiger partial charge in [0.2, 0.25) is 5.36 Å². The third kappa shape index (κ3) is 6.06. The summed E-state index contributed by atoms with van der Waals surface area (Å²) >= 11 is 0. The molecule has 0 fully saturated rings. The van der Waals surface area contributed by atoms with Crippen LogP contribution in [0.2, 0.25) is 0 Å². The molecule has 2 aliphatic rings. The van der Waals surface area contributed by atoms with Crippen LogP contribution in [-0.4, -0.2) is 65.7 Å². The van der Waals surface area contributed by atoms with Gasteiger partial charge in [-0.1, -0.05) is 18.2 Å². The molecule has 0 aromatic heterocycles. The number of nitrogens with zero attached hydrogens (tertiary/aromatic N) is 2. The zero-order chi connectivity index (χ0) is 28.6. The molecular weight excluding hydrogens is 504 g/mol. The van der Waals surface area contributed by atoms with Crippen molar-refractivity contribution in [1.29, 1.82) is 0 Å². The first kappa shape index (κ1) is 29.3. The van der Waals surface area contributed by atoms with Crippen molar-refractivity contribution in [2.24, 2.45) is 0 Å². The number of benzene rings is 3. The van der Waals surface area contributed by atoms with E-state index in [2.05, 4.69) is 73.6 Å². The highest BCUT2D eigenvalue weighted by molar-refractivity contribution is 6.08. The van der Waals surface area contributed by atoms with Gasteiger partial charge < -0.3 is 23.5 Å². The molecule has 1 aliphatic carbocycles. The highest BCUT2D eigenvalue weighted by Gasteiger charge is 2.24. The van der Waals surface area contributed by atoms with Crippen molar-refractivity contribution in [2.45, 2.75) is 33.8 Å². The van der Waals surface area contributed by atoms with Crippen molar-refractivity contribution >= 4 is 22.6 Å². The number of rotatable bonds is 12. The van der Waals surface area contributed by atoms with Crippen LogP contribution in [0.3, 0.4) is 0 Å². The van der Waals surface area contributed by atoms with Crippen LogP contribution in [0.4, 0.5) is 5.69 Å². The van der Waals surface area contributed by atoms with E-state index in [-0.39, 0.29) is 12.7 Å². The van der Waals surface area contributed by atoms with Crippen molar-refractivity contribution in [1.82, 2.24) is 4.58 Å². The predicted molar refractivity (Wildman–Crippen MR) is 161 cm³/mol. The maximum atomic E-state index is 13.4. The van der Waals surface area contributed by atoms with Gasteiger partial charge in [-0.15, -0.1) is 0 Å². The Morgan fingerprint density at radius 3 is 2.33 bits per heavy atom. The van der Waals surface area contributed by atoms with Gasteiger partial charge in [-0.2, -0.15) is 0 Å². The Morgan fingerprint density at radius 2 is 1.65 bits per heavy atom. The fourth-order valence-corrected chi connectivity index (χ4v) is 5.22. The number of ether oxygens (including phenoxy) is 3. The Kier molecular flexibility index (Phi) is 9.96. The number of methoxy groups -OCH3 is 2. The molecule has 1 atom stereocenters. The summed E-state index contributed by atoms with van der Waals surface area (Å²) in [5, 5.41) is 2.04. The van der Waals surface area contributed by atoms with E-state index >= 15 is 0 Å². The molecule has 0 saturated heterocycles. The maximum absolute atomic E-state index is 13.4. The third-order valence-corrected chi connectivity index (χ3v) is 7.45. The van der Waals surface area contributed by atoms with E-state index in [9.17, 15) is 4.79 Å². The highest BCUT2D eigenvalue weighted by Crippen LogP contribution is 2.42. The molecule has 7 heteroatoms. The van der Waals surface area contributed by atoms with Crippen molar-refractivity contribution in [3.8, 4) is 22.5 Å². The summed E-state index contributed by atoms with van der Waals surface area (Å²) in [6.45, 7) is 12.6. The Bertz CT molecular complexity index is 1480. The Balaban J connectivity index is 1.95. The topological polar surface area (TPSA) is 64.2 Å². The summed E-state index contributed by atoms with van der Waals surface area (Å²) in [4.78, 5) is 15.7. The first-order chi connectivity index (χ1) is 19.5. The Morgan fingerprint density at radius 1 is 0.900 bits per heavy atom. The molecule has 2 aromatic rings. The Labute approximate surface area is 236 Å². The predicted octanol–water partition coefficient (Wildman–Crippen LogP) is 5.68. The minimum atomic E-state index is -0.407. The molecule has 7 nitrogen and oxygen atoms in total. The van der Waals surface area contributed by atoms with Gasteiger partial charge in [0.1, 0.15) is 37.1 Å². The summed E-state index contributed by atoms with van der Waals surface area (Å²) in [6.07, 6.45) is -0.338. The lowest BCUT2D eigenvalue weighted by Gasteiger charge is -2.22. The fraction of sp³-hybridized carbons (Fsp3) is 0.394. The zero-order valence-corrected chi connectivity index (χ0v) is 24.5. The smallest absolute Gasteiger partial charge is 0.338 e. The monoisotopic (exact) mass is 545 g/mol. The molecule has 0 N–H and O–H groups in total. The van der Waals surface area contributed by atoms with E-state index in [4.69, 9.17) is 18.6 Å². The van der Waals surface area contributed by atoms with Crippen molar-refractivity contribution in [2.75, 3.05) is 58.5 Å². The summed E-state index contributed by atoms with van der Waals surface area (Å²) in [6, 6.07) is 20.2. The molecule has 0 bridgehead atoms. The van der Waals surface area contributed by atoms with Gasteiger partial charge in [0, 0.05) is 61.6 Å². The second-order valence-electron chi connectivity index (χ2n) is 9.64. The number of hydrogen-bond acceptors (Lipinski definition) is 6. The zero-order valence-electron chi connectivity index (χ0n) is 24.5. The van der Waals surface area contributed by atoms with Crippen LogP contribution < -0.4 is 14.8 Å². The molecule has 0 saturated carbocycles. The van der Waals surface area contributed by atoms with Crippen LogP contribution >= 0.6 is 0 Å². The van der Waals surface area contributed by atoms with Gasteiger partial charge in [0.05, 0.1) is 18.2 Å². The number of hydrogen-bond donors (Lipinski definition) is 0. The molecule has 1 aliphatic heterocycles. The highest BCUT2D eigenvalue weighted by atomic mass is 16.6. The second-order valence-corrected chi connectivity index (χ2v) is 9.64. The quantitative estimate of drug-likeness (QED) is 0.130. The lowest BCUT2D eigenvalue weighted by Crippen LogP contribution is -2.29. The van der Waals surface area contributed by atoms with E-state index in [0.717, 1.165) is 70.6 Å². The van der Waals surface area contributed by atoms with Crippen molar-refractivity contribution < 1.29 is 23.4 Å². The Hall–Kier alpha value is -3.68. The summed E-state index contributed by atoms with van der Waals surface area (Å²) in [5.74, 6) is 0.363. The third-order valence-electron chi connectivity index (χ3n) is 7.45. The molecular formula is C33H41N2O5+. The van der Waals surface area contributed by atoms with Crippen LogP contribution in [0.25, 0.3) is 33.4 Å². The first-order valence-corrected chi connectivity index (χ1v) is 14.1. The van der Waals surface area contributed by atoms with E-state index in [1.807, 2.05) is 24.3 Å². The van der Waals surface area contributed by atoms with Gasteiger partial charge in [0.25, 0.3) is 0 Å². The number of esters is 1. The molecule has 1 heterocycles. The maximum Gasteiger partial charge on any atom is 0.338 e. The van der Waals surface area contributed by atoms with Crippen LogP contribution in [0.1, 0.15) is 38.1 Å². The molecule has 0 spiro atoms. The SMILES string of the molecule is CCN(CC)c1ccc2c(-c3ccccc3C(=O)OCC(COC)OC)c3ccc(=[N+](CC)CC)cc-3oc2c1. The molecule has 0 amide bonds. The fourth-order valence-electron chi connectivity index (χ4n) is 5.22. The molecule has 0 radical (unpaired) electrons. The van der Waals surface area contributed by atoms with E-state index in [1.165, 1.54) is 0 Å². The molecule has 2 aromatic carbocycles. The standard InChI is InChI=1S/C33H41N2O5/c1-7-34(8-2)23-15-17-28-30(19-23)40-31-20-24(35(9-3)10-4)16-18-29(31)32(28)26-13-11-12-14-27(26)33(36)39-22-25(38-6)21-37-5/h11-20,25H,7-10,21-22H2,1-6H3/q+1. The van der Waals surface area contributed by atoms with Crippen molar-refractivity contribution in [3.05, 3.63) is 71.6 Å². The molecule has 1 unspecified atom stereocenters. The average Bonchev–Trinajstić information content (AvgIpc) is 2.99. The lowest BCUT2D eigenvalue weighted by molar-refractivity contribution is -0.0204. The van der Waals surface area contributed by atoms with Crippen LogP contribution in [0.15, 0.2) is 65.1 Å². The molecule has 40 heavy (non-hydrogen) atoms. The number of carbonyl (C=O) groups is 1. The van der Waals surface area contributed by atoms with Gasteiger partial charge >= 0.3 is 5.97 Å². The van der Waals surface area contributed by atoms with Crippen LogP contribution in [0, 0.1) is 0 Å². The van der Waals surface area contributed by atoms with Crippen LogP contribution in [0.5, 0.6) is 0 Å². The van der Waals surface area contributed by atoms with Gasteiger partial charge in [-0.05, 0) is 57.5 Å².